The third-order valence-corrected chi connectivity index (χ3v) is 1.68. The van der Waals surface area contributed by atoms with Crippen LogP contribution < -0.4 is 0 Å². The van der Waals surface area contributed by atoms with Crippen LogP contribution in [0.4, 0.5) is 0 Å². The molecule has 16 heavy (non-hydrogen) atoms. The van der Waals surface area contributed by atoms with Crippen molar-refractivity contribution >= 4 is 11.9 Å². The zero-order valence-corrected chi connectivity index (χ0v) is 9.71. The van der Waals surface area contributed by atoms with Gasteiger partial charge in [0.15, 0.2) is 0 Å². The van der Waals surface area contributed by atoms with Crippen LogP contribution in [-0.2, 0) is 32.8 Å². The number of hydrogen-bond donors (Lipinski definition) is 1. The Labute approximate surface area is 100 Å². The van der Waals surface area contributed by atoms with E-state index in [0.717, 1.165) is 0 Å². The van der Waals surface area contributed by atoms with Crippen molar-refractivity contribution in [2.45, 2.75) is 13.8 Å². The molecule has 0 saturated heterocycles. The van der Waals surface area contributed by atoms with Crippen molar-refractivity contribution in [3.63, 3.8) is 0 Å². The molecule has 0 radical (unpaired) electrons. The summed E-state index contributed by atoms with van der Waals surface area (Å²) in [6.45, 7) is 2.43. The molecular weight excluding hydrogens is 264 g/mol. The molecule has 0 aliphatic carbocycles. The van der Waals surface area contributed by atoms with Crippen molar-refractivity contribution in [1.29, 1.82) is 0 Å². The first kappa shape index (κ1) is 14.5. The summed E-state index contributed by atoms with van der Waals surface area (Å²) in [5, 5.41) is 8.63. The first-order chi connectivity index (χ1) is 7.52. The number of benzene rings is 1. The van der Waals surface area contributed by atoms with Gasteiger partial charge in [-0.3, -0.25) is 0 Å². The van der Waals surface area contributed by atoms with Gasteiger partial charge in [-0.05, 0) is 12.1 Å². The molecule has 0 aromatic heterocycles. The topological polar surface area (TPSA) is 72.8 Å². The second-order valence-corrected chi connectivity index (χ2v) is 3.03. The van der Waals surface area contributed by atoms with E-state index in [0.29, 0.717) is 21.4 Å². The molecule has 5 nitrogen and oxygen atoms in total. The van der Waals surface area contributed by atoms with Gasteiger partial charge < -0.3 is 5.11 Å². The van der Waals surface area contributed by atoms with Crippen LogP contribution in [0.25, 0.3) is 0 Å². The summed E-state index contributed by atoms with van der Waals surface area (Å²) in [6, 6.07) is 8.71. The first-order valence-corrected chi connectivity index (χ1v) is 4.97. The van der Waals surface area contributed by atoms with Crippen LogP contribution >= 0.6 is 0 Å². The van der Waals surface area contributed by atoms with Crippen LogP contribution in [0.2, 0.25) is 0 Å². The Morgan fingerprint density at radius 1 is 1.06 bits per heavy atom. The van der Waals surface area contributed by atoms with Gasteiger partial charge in [0.2, 0.25) is 0 Å². The van der Waals surface area contributed by atoms with E-state index in [1.807, 2.05) is 6.07 Å². The van der Waals surface area contributed by atoms with Crippen LogP contribution in [0, 0.1) is 0 Å². The summed E-state index contributed by atoms with van der Waals surface area (Å²) < 4.78 is 8.35. The molecule has 0 spiro atoms. The smallest absolute Gasteiger partial charge is 0.115 e. The van der Waals surface area contributed by atoms with E-state index in [9.17, 15) is 9.59 Å². The van der Waals surface area contributed by atoms with Crippen LogP contribution in [-0.4, -0.2) is 17.0 Å². The van der Waals surface area contributed by atoms with Crippen molar-refractivity contribution < 1.29 is 38.0 Å². The maximum atomic E-state index is 9.99. The van der Waals surface area contributed by atoms with Gasteiger partial charge in [-0.2, -0.15) is 0 Å². The van der Waals surface area contributed by atoms with E-state index in [2.05, 4.69) is 7.64 Å². The number of aromatic hydroxyl groups is 1. The molecule has 0 heterocycles. The summed E-state index contributed by atoms with van der Waals surface area (Å²) in [5.74, 6) is -0.685. The standard InChI is InChI=1S/C6H6O.2C2H4O2.Cu/c7-6-4-2-1-3-5-6;2*1-2(3)4;/h1-5,7H;2*1H3,(H,3,4);/q;;;+2/p-2. The van der Waals surface area contributed by atoms with Crippen LogP contribution in [0.15, 0.2) is 30.3 Å². The van der Waals surface area contributed by atoms with Crippen LogP contribution in [0.5, 0.6) is 5.75 Å². The van der Waals surface area contributed by atoms with Crippen molar-refractivity contribution in [2.24, 2.45) is 0 Å². The number of carbonyl (C=O) groups is 2. The van der Waals surface area contributed by atoms with E-state index < -0.39 is 11.9 Å². The maximum Gasteiger partial charge on any atom is 0.115 e. The molecule has 93 valence electrons. The molecule has 1 aromatic rings. The second-order valence-electron chi connectivity index (χ2n) is 2.49. The summed E-state index contributed by atoms with van der Waals surface area (Å²) in [4.78, 5) is 20.0. The Kier molecular flexibility index (Phi) is 7.93. The fraction of sp³-hybridized carbons (Fsp3) is 0.200. The number of carbonyl (C=O) groups excluding carboxylic acids is 2. The molecular formula is C10H12CuO5. The molecule has 0 bridgehead atoms. The van der Waals surface area contributed by atoms with Gasteiger partial charge in [-0.1, -0.05) is 18.2 Å². The molecule has 0 aliphatic rings. The predicted octanol–water partition coefficient (Wildman–Crippen LogP) is 1.42. The second kappa shape index (κ2) is 8.76. The Morgan fingerprint density at radius 2 is 1.50 bits per heavy atom. The molecule has 0 amide bonds. The Bertz CT molecular complexity index is 311. The number of phenolic OH excluding ortho intramolecular Hbond substituents is 1. The molecule has 1 aromatic carbocycles. The molecule has 0 atom stereocenters. The average molecular weight is 276 g/mol. The van der Waals surface area contributed by atoms with Crippen LogP contribution in [0.3, 0.4) is 0 Å². The SMILES string of the molecule is CC(=O)[O][Cu][O]C(C)=O.Oc1ccccc1. The normalized spacial score (nSPS) is 8.62. The maximum absolute atomic E-state index is 9.99. The fourth-order valence-electron chi connectivity index (χ4n) is 0.511. The number of rotatable bonds is 2. The molecule has 0 saturated carbocycles. The van der Waals surface area contributed by atoms with E-state index in [4.69, 9.17) is 5.11 Å². The molecule has 0 unspecified atom stereocenters. The third-order valence-electron chi connectivity index (χ3n) is 0.980. The predicted molar refractivity (Wildman–Crippen MR) is 51.6 cm³/mol. The summed E-state index contributed by atoms with van der Waals surface area (Å²) in [5.41, 5.74) is 0. The molecule has 0 fully saturated rings. The zero-order chi connectivity index (χ0) is 12.4. The van der Waals surface area contributed by atoms with Gasteiger partial charge in [0.05, 0.1) is 0 Å². The monoisotopic (exact) mass is 275 g/mol. The molecule has 1 N–H and O–H groups in total. The average Bonchev–Trinajstić information content (AvgIpc) is 2.18. The Balaban J connectivity index is 0.000000288. The Morgan fingerprint density at radius 3 is 1.75 bits per heavy atom. The quantitative estimate of drug-likeness (QED) is 0.827. The van der Waals surface area contributed by atoms with E-state index in [1.54, 1.807) is 24.3 Å². The fourth-order valence-corrected chi connectivity index (χ4v) is 0.772. The molecule has 1 rings (SSSR count). The minimum Gasteiger partial charge on any atom is -0.508 e. The van der Waals surface area contributed by atoms with Crippen LogP contribution in [0.1, 0.15) is 13.8 Å². The van der Waals surface area contributed by atoms with E-state index in [1.165, 1.54) is 13.8 Å². The van der Waals surface area contributed by atoms with Crippen molar-refractivity contribution in [3.8, 4) is 5.75 Å². The number of hydrogen-bond acceptors (Lipinski definition) is 5. The van der Waals surface area contributed by atoms with Gasteiger partial charge in [0, 0.05) is 0 Å². The van der Waals surface area contributed by atoms with Gasteiger partial charge in [0.1, 0.15) is 5.75 Å². The number of phenols is 1. The van der Waals surface area contributed by atoms with E-state index >= 15 is 0 Å². The van der Waals surface area contributed by atoms with Crippen molar-refractivity contribution in [1.82, 2.24) is 0 Å². The van der Waals surface area contributed by atoms with E-state index in [-0.39, 0.29) is 0 Å². The van der Waals surface area contributed by atoms with Crippen molar-refractivity contribution in [2.75, 3.05) is 0 Å². The zero-order valence-electron chi connectivity index (χ0n) is 8.77. The minimum absolute atomic E-state index is 0.322. The number of para-hydroxylation sites is 1. The van der Waals surface area contributed by atoms with Gasteiger partial charge in [0.25, 0.3) is 0 Å². The Hall–Kier alpha value is -1.52. The summed E-state index contributed by atoms with van der Waals surface area (Å²) in [7, 11) is 0. The molecule has 6 heteroatoms. The minimum atomic E-state index is -0.503. The van der Waals surface area contributed by atoms with Crippen molar-refractivity contribution in [3.05, 3.63) is 30.3 Å². The van der Waals surface area contributed by atoms with Gasteiger partial charge >= 0.3 is 58.6 Å². The summed E-state index contributed by atoms with van der Waals surface area (Å²) >= 11 is 0.453. The third kappa shape index (κ3) is 10.6. The van der Waals surface area contributed by atoms with Gasteiger partial charge in [-0.25, -0.2) is 0 Å². The van der Waals surface area contributed by atoms with Gasteiger partial charge in [-0.15, -0.1) is 0 Å². The first-order valence-electron chi connectivity index (χ1n) is 4.20. The largest absolute Gasteiger partial charge is 0.508 e. The molecule has 0 aliphatic heterocycles. The summed E-state index contributed by atoms with van der Waals surface area (Å²) in [6.07, 6.45) is 0.